The van der Waals surface area contributed by atoms with Crippen LogP contribution in [0.25, 0.3) is 33.6 Å². The van der Waals surface area contributed by atoms with E-state index >= 15 is 0 Å². The molecule has 1 amide bonds. The highest BCUT2D eigenvalue weighted by Gasteiger charge is 2.21. The van der Waals surface area contributed by atoms with Crippen molar-refractivity contribution in [2.75, 3.05) is 42.5 Å². The van der Waals surface area contributed by atoms with Crippen LogP contribution in [-0.4, -0.2) is 67.6 Å². The lowest BCUT2D eigenvalue weighted by atomic mass is 10.0. The zero-order valence-corrected chi connectivity index (χ0v) is 27.8. The van der Waals surface area contributed by atoms with Crippen molar-refractivity contribution in [3.8, 4) is 45.1 Å². The van der Waals surface area contributed by atoms with Gasteiger partial charge in [-0.3, -0.25) is 9.69 Å². The molecule has 0 bridgehead atoms. The zero-order valence-electron chi connectivity index (χ0n) is 27.8. The van der Waals surface area contributed by atoms with Crippen molar-refractivity contribution in [3.63, 3.8) is 0 Å². The summed E-state index contributed by atoms with van der Waals surface area (Å²) in [5, 5.41) is 39.8. The van der Waals surface area contributed by atoms with Crippen LogP contribution in [0.5, 0.6) is 11.5 Å². The van der Waals surface area contributed by atoms with Gasteiger partial charge in [0.2, 0.25) is 0 Å². The van der Waals surface area contributed by atoms with E-state index < -0.39 is 0 Å². The van der Waals surface area contributed by atoms with E-state index in [0.29, 0.717) is 34.9 Å². The standard InChI is InChI=1S/C39H37N9O3/c40-37-31(21-32(43-45-37)29-8-1-3-10-35(29)49)39(51)42-23-25-12-14-27(15-13-25)28-7-5-6-26(20-28)24-47-16-18-48(19-17-47)34-22-33(44-46-38(34)41)30-9-2-4-11-36(30)50/h1-15,20-22,49-50H,16-19,23-24H2,(H2,40,45)(H2,41,46)(H,42,51). The first kappa shape index (κ1) is 33.0. The average molecular weight is 680 g/mol. The first-order valence-electron chi connectivity index (χ1n) is 16.6. The number of rotatable bonds is 9. The molecule has 7 rings (SSSR count). The van der Waals surface area contributed by atoms with Gasteiger partial charge in [0.15, 0.2) is 11.6 Å². The lowest BCUT2D eigenvalue weighted by Gasteiger charge is -2.36. The first-order chi connectivity index (χ1) is 24.8. The number of anilines is 3. The number of nitrogens with one attached hydrogen (secondary N) is 1. The molecule has 1 fully saturated rings. The summed E-state index contributed by atoms with van der Waals surface area (Å²) < 4.78 is 0. The molecule has 1 saturated heterocycles. The summed E-state index contributed by atoms with van der Waals surface area (Å²) in [6.45, 7) is 4.41. The number of phenols is 2. The monoisotopic (exact) mass is 679 g/mol. The SMILES string of the molecule is Nc1nnc(-c2ccccc2O)cc1C(=O)NCc1ccc(-c2cccc(CN3CCN(c4cc(-c5ccccc5O)nnc4N)CC3)c2)cc1. The normalized spacial score (nSPS) is 13.2. The summed E-state index contributed by atoms with van der Waals surface area (Å²) in [6, 6.07) is 33.9. The van der Waals surface area contributed by atoms with E-state index in [2.05, 4.69) is 71.9 Å². The number of nitrogen functional groups attached to an aromatic ring is 2. The van der Waals surface area contributed by atoms with Gasteiger partial charge in [0.05, 0.1) is 22.6 Å². The van der Waals surface area contributed by atoms with Gasteiger partial charge in [-0.05, 0) is 64.7 Å². The number of piperazine rings is 1. The van der Waals surface area contributed by atoms with E-state index in [0.717, 1.165) is 55.1 Å². The Kier molecular flexibility index (Phi) is 9.40. The molecule has 7 N–H and O–H groups in total. The van der Waals surface area contributed by atoms with Crippen LogP contribution in [0.4, 0.5) is 17.3 Å². The van der Waals surface area contributed by atoms with Gasteiger partial charge < -0.3 is 31.9 Å². The maximum absolute atomic E-state index is 13.0. The van der Waals surface area contributed by atoms with Gasteiger partial charge in [-0.15, -0.1) is 20.4 Å². The summed E-state index contributed by atoms with van der Waals surface area (Å²) in [5.74, 6) is 0.202. The second-order valence-corrected chi connectivity index (χ2v) is 12.4. The fraction of sp³-hybridized carbons (Fsp3) is 0.154. The van der Waals surface area contributed by atoms with Gasteiger partial charge in [0, 0.05) is 50.4 Å². The van der Waals surface area contributed by atoms with Gasteiger partial charge in [0.1, 0.15) is 11.5 Å². The molecule has 0 saturated carbocycles. The molecule has 0 atom stereocenters. The van der Waals surface area contributed by atoms with E-state index in [4.69, 9.17) is 11.5 Å². The topological polar surface area (TPSA) is 180 Å². The van der Waals surface area contributed by atoms with Crippen LogP contribution in [0.3, 0.4) is 0 Å². The smallest absolute Gasteiger partial charge is 0.255 e. The molecule has 12 heteroatoms. The third kappa shape index (κ3) is 7.41. The van der Waals surface area contributed by atoms with Crippen molar-refractivity contribution in [2.45, 2.75) is 13.1 Å². The van der Waals surface area contributed by atoms with E-state index in [1.165, 1.54) is 11.6 Å². The lowest BCUT2D eigenvalue weighted by Crippen LogP contribution is -2.46. The number of phenolic OH excluding ortho intramolecular Hbond substituents is 2. The van der Waals surface area contributed by atoms with Crippen LogP contribution < -0.4 is 21.7 Å². The number of para-hydroxylation sites is 2. The number of benzene rings is 4. The minimum absolute atomic E-state index is 0.0128. The van der Waals surface area contributed by atoms with Crippen molar-refractivity contribution in [1.82, 2.24) is 30.6 Å². The predicted octanol–water partition coefficient (Wildman–Crippen LogP) is 5.10. The quantitative estimate of drug-likeness (QED) is 0.137. The van der Waals surface area contributed by atoms with E-state index in [1.54, 1.807) is 36.4 Å². The lowest BCUT2D eigenvalue weighted by molar-refractivity contribution is 0.0951. The summed E-state index contributed by atoms with van der Waals surface area (Å²) in [4.78, 5) is 17.7. The fourth-order valence-corrected chi connectivity index (χ4v) is 6.22. The molecule has 0 radical (unpaired) electrons. The van der Waals surface area contributed by atoms with Crippen molar-refractivity contribution >= 4 is 23.2 Å². The number of aromatic nitrogens is 4. The second-order valence-electron chi connectivity index (χ2n) is 12.4. The van der Waals surface area contributed by atoms with Crippen LogP contribution in [0, 0.1) is 0 Å². The molecular formula is C39H37N9O3. The fourth-order valence-electron chi connectivity index (χ4n) is 6.22. The molecule has 6 aromatic rings. The average Bonchev–Trinajstić information content (AvgIpc) is 3.15. The molecule has 3 heterocycles. The zero-order chi connectivity index (χ0) is 35.3. The van der Waals surface area contributed by atoms with E-state index in [1.807, 2.05) is 30.3 Å². The minimum atomic E-state index is -0.380. The van der Waals surface area contributed by atoms with Crippen molar-refractivity contribution in [1.29, 1.82) is 0 Å². The number of carbonyl (C=O) groups is 1. The molecule has 0 aliphatic carbocycles. The summed E-state index contributed by atoms with van der Waals surface area (Å²) in [7, 11) is 0. The maximum atomic E-state index is 13.0. The molecule has 1 aliphatic rings. The Morgan fingerprint density at radius 3 is 1.94 bits per heavy atom. The van der Waals surface area contributed by atoms with Gasteiger partial charge in [0.25, 0.3) is 5.91 Å². The second kappa shape index (κ2) is 14.5. The Morgan fingerprint density at radius 2 is 1.27 bits per heavy atom. The van der Waals surface area contributed by atoms with Crippen molar-refractivity contribution in [2.24, 2.45) is 0 Å². The molecule has 51 heavy (non-hydrogen) atoms. The summed E-state index contributed by atoms with van der Waals surface area (Å²) >= 11 is 0. The minimum Gasteiger partial charge on any atom is -0.507 e. The van der Waals surface area contributed by atoms with Gasteiger partial charge in [-0.25, -0.2) is 0 Å². The third-order valence-electron chi connectivity index (χ3n) is 9.01. The number of aromatic hydroxyl groups is 2. The maximum Gasteiger partial charge on any atom is 0.255 e. The van der Waals surface area contributed by atoms with Crippen LogP contribution in [-0.2, 0) is 13.1 Å². The molecule has 12 nitrogen and oxygen atoms in total. The van der Waals surface area contributed by atoms with Gasteiger partial charge in [-0.1, -0.05) is 66.7 Å². The van der Waals surface area contributed by atoms with Crippen LogP contribution >= 0.6 is 0 Å². The molecule has 256 valence electrons. The number of hydrogen-bond acceptors (Lipinski definition) is 11. The Balaban J connectivity index is 0.948. The highest BCUT2D eigenvalue weighted by molar-refractivity contribution is 5.99. The Labute approximate surface area is 295 Å². The molecule has 2 aromatic heterocycles. The molecule has 0 spiro atoms. The van der Waals surface area contributed by atoms with Crippen LogP contribution in [0.2, 0.25) is 0 Å². The highest BCUT2D eigenvalue weighted by Crippen LogP contribution is 2.32. The van der Waals surface area contributed by atoms with E-state index in [9.17, 15) is 15.0 Å². The molecule has 4 aromatic carbocycles. The van der Waals surface area contributed by atoms with Crippen LogP contribution in [0.1, 0.15) is 21.5 Å². The number of nitrogens with zero attached hydrogens (tertiary/aromatic N) is 6. The first-order valence-corrected chi connectivity index (χ1v) is 16.6. The summed E-state index contributed by atoms with van der Waals surface area (Å²) in [5.41, 5.74) is 19.6. The summed E-state index contributed by atoms with van der Waals surface area (Å²) in [6.07, 6.45) is 0. The number of carbonyl (C=O) groups excluding carboxylic acids is 1. The van der Waals surface area contributed by atoms with Gasteiger partial charge >= 0.3 is 0 Å². The molecular weight excluding hydrogens is 642 g/mol. The Morgan fingerprint density at radius 1 is 0.647 bits per heavy atom. The van der Waals surface area contributed by atoms with Gasteiger partial charge in [-0.2, -0.15) is 0 Å². The Hall–Kier alpha value is -6.53. The largest absolute Gasteiger partial charge is 0.507 e. The highest BCUT2D eigenvalue weighted by atomic mass is 16.3. The number of amides is 1. The molecule has 1 aliphatic heterocycles. The Bertz CT molecular complexity index is 2180. The number of hydrogen-bond donors (Lipinski definition) is 5. The van der Waals surface area contributed by atoms with Crippen molar-refractivity contribution < 1.29 is 15.0 Å². The van der Waals surface area contributed by atoms with E-state index in [-0.39, 0.29) is 28.8 Å². The molecule has 0 unspecified atom stereocenters. The van der Waals surface area contributed by atoms with Crippen molar-refractivity contribution in [3.05, 3.63) is 126 Å². The third-order valence-corrected chi connectivity index (χ3v) is 9.01. The van der Waals surface area contributed by atoms with Crippen LogP contribution in [0.15, 0.2) is 109 Å². The number of nitrogens with two attached hydrogens (primary N) is 2. The predicted molar refractivity (Wildman–Crippen MR) is 198 cm³/mol.